The van der Waals surface area contributed by atoms with Crippen LogP contribution in [0.5, 0.6) is 0 Å². The monoisotopic (exact) mass is 436 g/mol. The highest BCUT2D eigenvalue weighted by atomic mass is 32.2. The molecule has 2 aromatic heterocycles. The molecule has 0 radical (unpaired) electrons. The number of alkyl halides is 3. The summed E-state index contributed by atoms with van der Waals surface area (Å²) < 4.78 is 66.3. The number of aromatic nitrogens is 3. The number of rotatable bonds is 3. The fraction of sp³-hybridized carbons (Fsp3) is 0.300. The van der Waals surface area contributed by atoms with Gasteiger partial charge in [0.25, 0.3) is 0 Å². The van der Waals surface area contributed by atoms with Gasteiger partial charge in [0.2, 0.25) is 0 Å². The molecule has 0 amide bonds. The number of halogens is 3. The first kappa shape index (κ1) is 20.5. The lowest BCUT2D eigenvalue weighted by Gasteiger charge is -2.15. The predicted molar refractivity (Wildman–Crippen MR) is 108 cm³/mol. The second-order valence-electron chi connectivity index (χ2n) is 7.20. The molecule has 0 spiro atoms. The van der Waals surface area contributed by atoms with Crippen LogP contribution in [0.2, 0.25) is 0 Å². The van der Waals surface area contributed by atoms with Crippen molar-refractivity contribution in [1.29, 1.82) is 0 Å². The number of nitrogens with one attached hydrogen (secondary N) is 1. The fourth-order valence-corrected chi connectivity index (χ4v) is 4.14. The Morgan fingerprint density at radius 3 is 2.40 bits per heavy atom. The van der Waals surface area contributed by atoms with Gasteiger partial charge >= 0.3 is 6.18 Å². The summed E-state index contributed by atoms with van der Waals surface area (Å²) in [6, 6.07) is 7.53. The zero-order chi connectivity index (χ0) is 21.7. The van der Waals surface area contributed by atoms with Gasteiger partial charge in [-0.05, 0) is 48.9 Å². The van der Waals surface area contributed by atoms with E-state index in [1.54, 1.807) is 17.7 Å². The quantitative estimate of drug-likeness (QED) is 0.681. The highest BCUT2D eigenvalue weighted by Crippen LogP contribution is 2.36. The predicted octanol–water partition coefficient (Wildman–Crippen LogP) is 3.43. The van der Waals surface area contributed by atoms with Crippen molar-refractivity contribution in [3.63, 3.8) is 0 Å². The molecule has 0 bridgehead atoms. The maximum atomic E-state index is 13.8. The lowest BCUT2D eigenvalue weighted by Crippen LogP contribution is -2.21. The summed E-state index contributed by atoms with van der Waals surface area (Å²) in [6.45, 7) is 1.26. The van der Waals surface area contributed by atoms with Gasteiger partial charge in [-0.15, -0.1) is 0 Å². The Hall–Kier alpha value is -2.72. The number of aryl methyl sites for hydroxylation is 1. The molecule has 1 aromatic carbocycles. The molecule has 6 nitrogen and oxygen atoms in total. The maximum Gasteiger partial charge on any atom is 0.435 e. The van der Waals surface area contributed by atoms with Crippen molar-refractivity contribution in [1.82, 2.24) is 19.9 Å². The van der Waals surface area contributed by atoms with Crippen molar-refractivity contribution in [2.45, 2.75) is 17.5 Å². The molecular formula is C20H19F3N4O2S. The molecule has 1 aliphatic rings. The van der Waals surface area contributed by atoms with Crippen LogP contribution in [0.3, 0.4) is 0 Å². The Morgan fingerprint density at radius 2 is 1.83 bits per heavy atom. The second-order valence-corrected chi connectivity index (χ2v) is 9.21. The van der Waals surface area contributed by atoms with E-state index in [0.717, 1.165) is 11.8 Å². The molecule has 1 aliphatic heterocycles. The molecule has 4 rings (SSSR count). The Kier molecular flexibility index (Phi) is 4.94. The number of nitrogens with zero attached hydrogens (tertiary/aromatic N) is 3. The molecule has 0 aliphatic carbocycles. The van der Waals surface area contributed by atoms with Crippen molar-refractivity contribution in [2.75, 3.05) is 19.3 Å². The van der Waals surface area contributed by atoms with Gasteiger partial charge < -0.3 is 9.88 Å². The van der Waals surface area contributed by atoms with Gasteiger partial charge in [0.15, 0.2) is 15.5 Å². The Bertz CT molecular complexity index is 1260. The van der Waals surface area contributed by atoms with Crippen LogP contribution in [0, 0.1) is 0 Å². The zero-order valence-electron chi connectivity index (χ0n) is 16.3. The standard InChI is InChI=1S/C20H19F3N4O2S/c1-27-16-11-15(12-7-9-24-10-8-12)25-18(20(21,22)23)17(16)26-19(27)13-3-5-14(6-4-13)30(2,28)29/h3-7,11,24H,8-10H2,1-2H3. The topological polar surface area (TPSA) is 76.9 Å². The Morgan fingerprint density at radius 1 is 1.13 bits per heavy atom. The minimum Gasteiger partial charge on any atom is -0.327 e. The van der Waals surface area contributed by atoms with Crippen LogP contribution in [0.4, 0.5) is 13.2 Å². The summed E-state index contributed by atoms with van der Waals surface area (Å²) in [5.74, 6) is 0.300. The van der Waals surface area contributed by atoms with E-state index in [-0.39, 0.29) is 10.4 Å². The van der Waals surface area contributed by atoms with Gasteiger partial charge in [0.1, 0.15) is 11.3 Å². The van der Waals surface area contributed by atoms with Crippen LogP contribution >= 0.6 is 0 Å². The van der Waals surface area contributed by atoms with Crippen molar-refractivity contribution < 1.29 is 21.6 Å². The first-order valence-corrected chi connectivity index (χ1v) is 11.1. The zero-order valence-corrected chi connectivity index (χ0v) is 17.1. The summed E-state index contributed by atoms with van der Waals surface area (Å²) in [5, 5.41) is 3.13. The third-order valence-corrected chi connectivity index (χ3v) is 6.20. The van der Waals surface area contributed by atoms with E-state index in [1.807, 2.05) is 6.08 Å². The molecule has 3 heterocycles. The number of fused-ring (bicyclic) bond motifs is 1. The largest absolute Gasteiger partial charge is 0.435 e. The maximum absolute atomic E-state index is 13.8. The lowest BCUT2D eigenvalue weighted by atomic mass is 10.0. The summed E-state index contributed by atoms with van der Waals surface area (Å²) >= 11 is 0. The van der Waals surface area contributed by atoms with Crippen LogP contribution in [0.25, 0.3) is 28.0 Å². The van der Waals surface area contributed by atoms with Crippen molar-refractivity contribution in [3.8, 4) is 11.4 Å². The van der Waals surface area contributed by atoms with Gasteiger partial charge in [-0.25, -0.2) is 18.4 Å². The van der Waals surface area contributed by atoms with Crippen molar-refractivity contribution in [3.05, 3.63) is 47.8 Å². The van der Waals surface area contributed by atoms with Crippen LogP contribution in [0.1, 0.15) is 17.8 Å². The SMILES string of the molecule is Cn1c(-c2ccc(S(C)(=O)=O)cc2)nc2c(C(F)(F)F)nc(C3=CCNCC3)cc21. The minimum absolute atomic E-state index is 0.128. The summed E-state index contributed by atoms with van der Waals surface area (Å²) in [5.41, 5.74) is 0.625. The van der Waals surface area contributed by atoms with Crippen LogP contribution < -0.4 is 5.32 Å². The molecule has 3 aromatic rings. The highest BCUT2D eigenvalue weighted by Gasteiger charge is 2.37. The minimum atomic E-state index is -4.66. The average Bonchev–Trinajstić information content (AvgIpc) is 3.03. The van der Waals surface area contributed by atoms with Crippen LogP contribution in [-0.2, 0) is 23.1 Å². The second kappa shape index (κ2) is 7.21. The van der Waals surface area contributed by atoms with Gasteiger partial charge in [-0.1, -0.05) is 6.08 Å². The van der Waals surface area contributed by atoms with Crippen molar-refractivity contribution >= 4 is 26.4 Å². The van der Waals surface area contributed by atoms with Gasteiger partial charge in [0.05, 0.1) is 16.1 Å². The molecule has 0 fully saturated rings. The van der Waals surface area contributed by atoms with E-state index in [2.05, 4.69) is 15.3 Å². The number of hydrogen-bond donors (Lipinski definition) is 1. The van der Waals surface area contributed by atoms with E-state index in [4.69, 9.17) is 0 Å². The Balaban J connectivity index is 1.91. The summed E-state index contributed by atoms with van der Waals surface area (Å²) in [6.07, 6.45) is -1.13. The molecule has 158 valence electrons. The summed E-state index contributed by atoms with van der Waals surface area (Å²) in [4.78, 5) is 8.27. The molecule has 10 heteroatoms. The number of benzene rings is 1. The molecule has 0 unspecified atom stereocenters. The third-order valence-electron chi connectivity index (χ3n) is 5.07. The lowest BCUT2D eigenvalue weighted by molar-refractivity contribution is -0.139. The summed E-state index contributed by atoms with van der Waals surface area (Å²) in [7, 11) is -1.74. The number of sulfone groups is 1. The van der Waals surface area contributed by atoms with E-state index in [0.29, 0.717) is 42.1 Å². The van der Waals surface area contributed by atoms with Crippen LogP contribution in [-0.4, -0.2) is 42.3 Å². The first-order chi connectivity index (χ1) is 14.1. The van der Waals surface area contributed by atoms with Crippen molar-refractivity contribution in [2.24, 2.45) is 7.05 Å². The fourth-order valence-electron chi connectivity index (χ4n) is 3.51. The first-order valence-electron chi connectivity index (χ1n) is 9.21. The number of pyridine rings is 1. The average molecular weight is 436 g/mol. The molecule has 0 saturated carbocycles. The molecule has 0 saturated heterocycles. The smallest absolute Gasteiger partial charge is 0.327 e. The van der Waals surface area contributed by atoms with Gasteiger partial charge in [0, 0.05) is 25.4 Å². The third kappa shape index (κ3) is 3.72. The normalized spacial score (nSPS) is 15.4. The van der Waals surface area contributed by atoms with E-state index in [9.17, 15) is 21.6 Å². The molecular weight excluding hydrogens is 417 g/mol. The van der Waals surface area contributed by atoms with E-state index in [1.165, 1.54) is 24.3 Å². The van der Waals surface area contributed by atoms with E-state index < -0.39 is 21.7 Å². The van der Waals surface area contributed by atoms with Gasteiger partial charge in [-0.3, -0.25) is 0 Å². The van der Waals surface area contributed by atoms with Gasteiger partial charge in [-0.2, -0.15) is 13.2 Å². The number of hydrogen-bond acceptors (Lipinski definition) is 5. The highest BCUT2D eigenvalue weighted by molar-refractivity contribution is 7.90. The van der Waals surface area contributed by atoms with E-state index >= 15 is 0 Å². The molecule has 30 heavy (non-hydrogen) atoms. The molecule has 1 N–H and O–H groups in total. The van der Waals surface area contributed by atoms with Crippen LogP contribution in [0.15, 0.2) is 41.3 Å². The molecule has 0 atom stereocenters. The Labute approximate surface area is 171 Å². The number of imidazole rings is 1.